The van der Waals surface area contributed by atoms with Crippen LogP contribution < -0.4 is 0 Å². The SMILES string of the molecule is CC(C)(C)OC(=O)n1c2c(c3cc(Cl)c(Cl)cc31)CCCC2=O.O=C1CCCc2c1[nH]c1cc(Cl)c(Cl)cc21. The van der Waals surface area contributed by atoms with E-state index in [4.69, 9.17) is 51.1 Å². The number of benzene rings is 2. The molecule has 39 heavy (non-hydrogen) atoms. The maximum atomic E-state index is 12.7. The van der Waals surface area contributed by atoms with Crippen LogP contribution in [0.5, 0.6) is 0 Å². The minimum Gasteiger partial charge on any atom is -0.443 e. The van der Waals surface area contributed by atoms with Crippen molar-refractivity contribution >= 4 is 85.9 Å². The molecule has 0 spiro atoms. The van der Waals surface area contributed by atoms with Gasteiger partial charge in [-0.3, -0.25) is 9.59 Å². The number of aromatic amines is 1. The lowest BCUT2D eigenvalue weighted by Gasteiger charge is -2.21. The number of ether oxygens (including phenoxy) is 1. The second-order valence-electron chi connectivity index (χ2n) is 10.8. The molecule has 2 heterocycles. The van der Waals surface area contributed by atoms with Crippen molar-refractivity contribution in [2.45, 2.75) is 64.9 Å². The predicted molar refractivity (Wildman–Crippen MR) is 156 cm³/mol. The lowest BCUT2D eigenvalue weighted by Crippen LogP contribution is -2.29. The fourth-order valence-corrected chi connectivity index (χ4v) is 5.88. The van der Waals surface area contributed by atoms with E-state index in [1.165, 1.54) is 4.57 Å². The van der Waals surface area contributed by atoms with Crippen molar-refractivity contribution in [1.29, 1.82) is 0 Å². The molecule has 1 N–H and O–H groups in total. The first-order valence-corrected chi connectivity index (χ1v) is 14.2. The first kappa shape index (κ1) is 28.0. The van der Waals surface area contributed by atoms with Gasteiger partial charge in [-0.2, -0.15) is 0 Å². The summed E-state index contributed by atoms with van der Waals surface area (Å²) in [6.07, 6.45) is 3.81. The number of carbonyl (C=O) groups excluding carboxylic acids is 3. The van der Waals surface area contributed by atoms with E-state index in [1.54, 1.807) is 39.0 Å². The Morgan fingerprint density at radius 2 is 1.36 bits per heavy atom. The molecule has 0 atom stereocenters. The van der Waals surface area contributed by atoms with Crippen LogP contribution in [0.25, 0.3) is 21.8 Å². The zero-order valence-electron chi connectivity index (χ0n) is 21.6. The normalized spacial score (nSPS) is 15.2. The lowest BCUT2D eigenvalue weighted by molar-refractivity contribution is 0.0534. The number of nitrogens with one attached hydrogen (secondary N) is 1. The number of H-pyrrole nitrogens is 1. The van der Waals surface area contributed by atoms with E-state index in [0.29, 0.717) is 44.1 Å². The van der Waals surface area contributed by atoms with E-state index in [9.17, 15) is 14.4 Å². The number of rotatable bonds is 0. The molecule has 0 bridgehead atoms. The van der Waals surface area contributed by atoms with Crippen LogP contribution in [-0.2, 0) is 17.6 Å². The van der Waals surface area contributed by atoms with Gasteiger partial charge in [0.05, 0.1) is 37.0 Å². The smallest absolute Gasteiger partial charge is 0.419 e. The Labute approximate surface area is 245 Å². The summed E-state index contributed by atoms with van der Waals surface area (Å²) >= 11 is 24.2. The van der Waals surface area contributed by atoms with Gasteiger partial charge in [-0.05, 0) is 81.8 Å². The summed E-state index contributed by atoms with van der Waals surface area (Å²) in [5.74, 6) is 0.130. The second-order valence-corrected chi connectivity index (χ2v) is 12.4. The zero-order chi connectivity index (χ0) is 28.2. The number of aromatic nitrogens is 2. The Morgan fingerprint density at radius 1 is 0.795 bits per heavy atom. The van der Waals surface area contributed by atoms with Crippen LogP contribution in [-0.4, -0.2) is 32.8 Å². The summed E-state index contributed by atoms with van der Waals surface area (Å²) in [4.78, 5) is 40.0. The molecule has 0 radical (unpaired) electrons. The molecule has 6 nitrogen and oxygen atoms in total. The highest BCUT2D eigenvalue weighted by Gasteiger charge is 2.31. The quantitative estimate of drug-likeness (QED) is 0.216. The Balaban J connectivity index is 0.000000168. The Kier molecular flexibility index (Phi) is 7.53. The van der Waals surface area contributed by atoms with Crippen molar-refractivity contribution in [2.75, 3.05) is 0 Å². The predicted octanol–water partition coefficient (Wildman–Crippen LogP) is 9.24. The number of hydrogen-bond acceptors (Lipinski definition) is 4. The molecular weight excluding hydrogens is 582 g/mol. The molecule has 2 aliphatic rings. The van der Waals surface area contributed by atoms with E-state index in [-0.39, 0.29) is 11.6 Å². The summed E-state index contributed by atoms with van der Waals surface area (Å²) in [5, 5.41) is 3.60. The van der Waals surface area contributed by atoms with Crippen molar-refractivity contribution in [3.05, 3.63) is 66.9 Å². The van der Waals surface area contributed by atoms with Gasteiger partial charge in [0, 0.05) is 29.1 Å². The number of fused-ring (bicyclic) bond motifs is 6. The van der Waals surface area contributed by atoms with Gasteiger partial charge in [-0.1, -0.05) is 46.4 Å². The van der Waals surface area contributed by atoms with E-state index >= 15 is 0 Å². The third kappa shape index (κ3) is 5.32. The molecule has 2 aromatic carbocycles. The Bertz CT molecular complexity index is 1680. The standard InChI is InChI=1S/C17H17Cl2NO3.C12H9Cl2NO/c1-17(2,3)23-16(22)20-13-8-12(19)11(18)7-10(13)9-5-4-6-14(21)15(9)20;13-8-4-7-6-2-1-3-11(16)12(6)15-10(7)5-9(8)14/h7-8H,4-6H2,1-3H3;4-5,15H,1-3H2. The van der Waals surface area contributed by atoms with Crippen molar-refractivity contribution in [3.8, 4) is 0 Å². The number of aryl methyl sites for hydroxylation is 2. The van der Waals surface area contributed by atoms with Crippen molar-refractivity contribution < 1.29 is 19.1 Å². The number of hydrogen-bond donors (Lipinski definition) is 1. The molecule has 6 rings (SSSR count). The molecule has 0 saturated heterocycles. The summed E-state index contributed by atoms with van der Waals surface area (Å²) in [6.45, 7) is 5.36. The largest absolute Gasteiger partial charge is 0.443 e. The van der Waals surface area contributed by atoms with E-state index < -0.39 is 11.7 Å². The molecule has 2 aromatic heterocycles. The summed E-state index contributed by atoms with van der Waals surface area (Å²) < 4.78 is 6.82. The molecule has 0 amide bonds. The van der Waals surface area contributed by atoms with Gasteiger partial charge >= 0.3 is 6.09 Å². The molecule has 204 valence electrons. The van der Waals surface area contributed by atoms with Gasteiger partial charge < -0.3 is 9.72 Å². The second kappa shape index (κ2) is 10.5. The van der Waals surface area contributed by atoms with E-state index in [2.05, 4.69) is 4.98 Å². The molecule has 0 saturated carbocycles. The summed E-state index contributed by atoms with van der Waals surface area (Å²) in [7, 11) is 0. The minimum absolute atomic E-state index is 0.0550. The van der Waals surface area contributed by atoms with Crippen LogP contribution in [0.15, 0.2) is 24.3 Å². The van der Waals surface area contributed by atoms with Crippen molar-refractivity contribution in [3.63, 3.8) is 0 Å². The maximum Gasteiger partial charge on any atom is 0.419 e. The highest BCUT2D eigenvalue weighted by Crippen LogP contribution is 2.37. The zero-order valence-corrected chi connectivity index (χ0v) is 24.7. The van der Waals surface area contributed by atoms with Crippen LogP contribution in [0.4, 0.5) is 4.79 Å². The van der Waals surface area contributed by atoms with E-state index in [0.717, 1.165) is 58.8 Å². The van der Waals surface area contributed by atoms with Crippen LogP contribution >= 0.6 is 46.4 Å². The molecule has 0 aliphatic heterocycles. The molecule has 4 aromatic rings. The number of halogens is 4. The summed E-state index contributed by atoms with van der Waals surface area (Å²) in [6, 6.07) is 6.96. The number of nitrogens with zero attached hydrogens (tertiary/aromatic N) is 1. The van der Waals surface area contributed by atoms with Gasteiger partial charge in [0.1, 0.15) is 5.60 Å². The number of Topliss-reactive ketones (excluding diaryl/α,β-unsaturated/α-hetero) is 2. The van der Waals surface area contributed by atoms with Crippen LogP contribution in [0, 0.1) is 0 Å². The highest BCUT2D eigenvalue weighted by molar-refractivity contribution is 6.43. The first-order chi connectivity index (χ1) is 18.4. The van der Waals surface area contributed by atoms with Gasteiger partial charge in [0.25, 0.3) is 0 Å². The van der Waals surface area contributed by atoms with Gasteiger partial charge in [-0.15, -0.1) is 0 Å². The average molecular weight is 608 g/mol. The first-order valence-electron chi connectivity index (χ1n) is 12.7. The van der Waals surface area contributed by atoms with E-state index in [1.807, 2.05) is 6.07 Å². The van der Waals surface area contributed by atoms with Gasteiger partial charge in [-0.25, -0.2) is 9.36 Å². The molecule has 10 heteroatoms. The van der Waals surface area contributed by atoms with Gasteiger partial charge in [0.2, 0.25) is 0 Å². The fraction of sp³-hybridized carbons (Fsp3) is 0.345. The van der Waals surface area contributed by atoms with Crippen LogP contribution in [0.2, 0.25) is 20.1 Å². The Morgan fingerprint density at radius 3 is 2.03 bits per heavy atom. The highest BCUT2D eigenvalue weighted by atomic mass is 35.5. The molecule has 0 fully saturated rings. The fourth-order valence-electron chi connectivity index (χ4n) is 5.23. The summed E-state index contributed by atoms with van der Waals surface area (Å²) in [5.41, 5.74) is 3.88. The number of carbonyl (C=O) groups is 3. The monoisotopic (exact) mass is 606 g/mol. The maximum absolute atomic E-state index is 12.7. The molecule has 0 unspecified atom stereocenters. The number of ketones is 2. The molecule has 2 aliphatic carbocycles. The van der Waals surface area contributed by atoms with Crippen molar-refractivity contribution in [2.24, 2.45) is 0 Å². The molecular formula is C29H26Cl4N2O4. The Hall–Kier alpha value is -2.51. The topological polar surface area (TPSA) is 81.2 Å². The average Bonchev–Trinajstić information content (AvgIpc) is 3.36. The van der Waals surface area contributed by atoms with Crippen molar-refractivity contribution in [1.82, 2.24) is 9.55 Å². The van der Waals surface area contributed by atoms with Crippen LogP contribution in [0.3, 0.4) is 0 Å². The minimum atomic E-state index is -0.658. The third-order valence-electron chi connectivity index (χ3n) is 6.84. The lowest BCUT2D eigenvalue weighted by atomic mass is 9.94. The third-order valence-corrected chi connectivity index (χ3v) is 8.29. The van der Waals surface area contributed by atoms with Gasteiger partial charge in [0.15, 0.2) is 11.6 Å². The van der Waals surface area contributed by atoms with Crippen LogP contribution in [0.1, 0.15) is 78.6 Å².